The maximum Gasteiger partial charge on any atom is 0.356 e. The van der Waals surface area contributed by atoms with Gasteiger partial charge in [-0.2, -0.15) is 4.68 Å². The third-order valence-electron chi connectivity index (χ3n) is 8.79. The molecule has 16 heteroatoms. The number of aliphatic hydroxyl groups is 1. The molecule has 1 saturated heterocycles. The number of carbonyl (C=O) groups is 3. The highest BCUT2D eigenvalue weighted by molar-refractivity contribution is 8.00. The first kappa shape index (κ1) is 36.8. The van der Waals surface area contributed by atoms with E-state index in [0.29, 0.717) is 16.9 Å². The number of nitrogens with one attached hydrogen (secondary N) is 1. The first-order chi connectivity index (χ1) is 24.8. The second-order valence-corrected chi connectivity index (χ2v) is 14.2. The SMILES string of the molecule is C[n+]1cc(CO)cn1CC1=C(C(=O)OC(c2ccccc2)c2ccccc2)N2C(=O)[C@@H](NC(=O)C(=NOC3C=CCC3)c3csc(N)n3)[C@H]2SC1.[Cl-]. The summed E-state index contributed by atoms with van der Waals surface area (Å²) < 4.78 is 9.94. The first-order valence-electron chi connectivity index (χ1n) is 16.4. The van der Waals surface area contributed by atoms with Crippen molar-refractivity contribution in [1.29, 1.82) is 0 Å². The average Bonchev–Trinajstić information content (AvgIpc) is 3.92. The molecule has 4 aromatic rings. The number of oxime groups is 1. The van der Waals surface area contributed by atoms with Gasteiger partial charge in [-0.25, -0.2) is 9.78 Å². The lowest BCUT2D eigenvalue weighted by atomic mass is 10.0. The number of nitrogens with two attached hydrogens (primary N) is 1. The van der Waals surface area contributed by atoms with Crippen LogP contribution in [0, 0.1) is 0 Å². The predicted molar refractivity (Wildman–Crippen MR) is 191 cm³/mol. The zero-order valence-electron chi connectivity index (χ0n) is 28.0. The fourth-order valence-corrected chi connectivity index (χ4v) is 8.11. The van der Waals surface area contributed by atoms with Crippen LogP contribution in [-0.2, 0) is 44.2 Å². The van der Waals surface area contributed by atoms with Crippen LogP contribution in [0.25, 0.3) is 0 Å². The molecule has 52 heavy (non-hydrogen) atoms. The summed E-state index contributed by atoms with van der Waals surface area (Å²) in [7, 11) is 1.83. The molecule has 4 heterocycles. The lowest BCUT2D eigenvalue weighted by molar-refractivity contribution is -0.753. The Bertz CT molecular complexity index is 1990. The molecule has 1 fully saturated rings. The van der Waals surface area contributed by atoms with Crippen LogP contribution in [0.1, 0.15) is 41.3 Å². The van der Waals surface area contributed by atoms with Crippen molar-refractivity contribution in [3.05, 3.63) is 124 Å². The molecule has 1 unspecified atom stereocenters. The summed E-state index contributed by atoms with van der Waals surface area (Å²) in [5.74, 6) is -1.41. The largest absolute Gasteiger partial charge is 1.00 e. The van der Waals surface area contributed by atoms with Crippen LogP contribution in [0.2, 0.25) is 0 Å². The number of ether oxygens (including phenoxy) is 1. The molecule has 1 aliphatic carbocycles. The second-order valence-electron chi connectivity index (χ2n) is 12.2. The number of hydrogen-bond acceptors (Lipinski definition) is 11. The average molecular weight is 762 g/mol. The van der Waals surface area contributed by atoms with Crippen LogP contribution in [-0.4, -0.2) is 66.4 Å². The fourth-order valence-electron chi connectivity index (χ4n) is 6.23. The molecule has 13 nitrogen and oxygen atoms in total. The number of nitrogen functional groups attached to an aromatic ring is 1. The normalized spacial score (nSPS) is 19.6. The van der Waals surface area contributed by atoms with Gasteiger partial charge in [0.25, 0.3) is 11.8 Å². The van der Waals surface area contributed by atoms with Gasteiger partial charge in [0.2, 0.25) is 6.20 Å². The zero-order chi connectivity index (χ0) is 35.5. The van der Waals surface area contributed by atoms with Crippen LogP contribution >= 0.6 is 23.1 Å². The van der Waals surface area contributed by atoms with E-state index in [1.165, 1.54) is 16.7 Å². The monoisotopic (exact) mass is 761 g/mol. The van der Waals surface area contributed by atoms with Gasteiger partial charge in [-0.3, -0.25) is 14.5 Å². The smallest absolute Gasteiger partial charge is 0.356 e. The second kappa shape index (κ2) is 16.2. The quantitative estimate of drug-likeness (QED) is 0.0450. The summed E-state index contributed by atoms with van der Waals surface area (Å²) in [6, 6.07) is 17.9. The van der Waals surface area contributed by atoms with E-state index in [9.17, 15) is 19.5 Å². The number of thiazole rings is 1. The summed E-state index contributed by atoms with van der Waals surface area (Å²) in [4.78, 5) is 53.4. The van der Waals surface area contributed by atoms with Crippen LogP contribution in [0.4, 0.5) is 5.13 Å². The molecular weight excluding hydrogens is 726 g/mol. The predicted octanol–water partition coefficient (Wildman–Crippen LogP) is -0.0261. The molecule has 7 rings (SSSR count). The molecule has 0 saturated carbocycles. The number of allylic oxidation sites excluding steroid dienone is 1. The summed E-state index contributed by atoms with van der Waals surface area (Å²) in [6.45, 7) is 0.117. The van der Waals surface area contributed by atoms with Gasteiger partial charge in [-0.1, -0.05) is 71.9 Å². The number of benzene rings is 2. The maximum absolute atomic E-state index is 14.4. The van der Waals surface area contributed by atoms with E-state index in [0.717, 1.165) is 35.3 Å². The van der Waals surface area contributed by atoms with Crippen molar-refractivity contribution in [3.63, 3.8) is 0 Å². The molecule has 3 atom stereocenters. The number of amides is 2. The van der Waals surface area contributed by atoms with Crippen molar-refractivity contribution >= 4 is 51.7 Å². The molecule has 0 radical (unpaired) electrons. The Kier molecular flexibility index (Phi) is 11.4. The first-order valence-corrected chi connectivity index (χ1v) is 18.3. The van der Waals surface area contributed by atoms with E-state index < -0.39 is 35.3 Å². The molecule has 0 spiro atoms. The summed E-state index contributed by atoms with van der Waals surface area (Å²) >= 11 is 2.59. The fraction of sp³-hybridized carbons (Fsp3) is 0.278. The standard InChI is InChI=1S/C36H35N7O6S2.ClH/c1-41-16-22(19-44)17-42(41)18-25-20-50-34-29(39-32(45)28(27-21-51-36(37)38-27)40-49-26-14-8-9-15-26)33(46)43(34)30(25)35(47)48-31(23-10-4-2-5-11-23)24-12-6-3-7-13-24;/h2-8,10-14,16-17,21,26,29,31,34,44H,9,15,18-20H2,1H3,(H2-,37,38,39,45);1H/t26?,29-,34-;/m1./s1. The van der Waals surface area contributed by atoms with E-state index in [1.807, 2.05) is 89.2 Å². The van der Waals surface area contributed by atoms with Gasteiger partial charge in [0.15, 0.2) is 24.0 Å². The Morgan fingerprint density at radius 1 is 1.15 bits per heavy atom. The number of carbonyl (C=O) groups excluding carboxylic acids is 3. The van der Waals surface area contributed by atoms with Crippen molar-refractivity contribution in [2.75, 3.05) is 11.5 Å². The number of β-lactam (4-membered cyclic amide) rings is 1. The van der Waals surface area contributed by atoms with E-state index in [4.69, 9.17) is 15.3 Å². The minimum Gasteiger partial charge on any atom is -1.00 e. The van der Waals surface area contributed by atoms with Crippen molar-refractivity contribution in [2.24, 2.45) is 12.2 Å². The lowest BCUT2D eigenvalue weighted by Gasteiger charge is -2.49. The topological polar surface area (TPSA) is 165 Å². The molecule has 0 bridgehead atoms. The van der Waals surface area contributed by atoms with Gasteiger partial charge >= 0.3 is 5.97 Å². The van der Waals surface area contributed by atoms with Crippen LogP contribution in [0.5, 0.6) is 0 Å². The summed E-state index contributed by atoms with van der Waals surface area (Å²) in [5, 5.41) is 18.0. The Balaban J connectivity index is 0.00000464. The number of aromatic nitrogens is 3. The Morgan fingerprint density at radius 3 is 2.46 bits per heavy atom. The molecule has 3 aliphatic rings. The van der Waals surface area contributed by atoms with Crippen LogP contribution in [0.15, 0.2) is 107 Å². The number of anilines is 1. The molecule has 2 aromatic carbocycles. The van der Waals surface area contributed by atoms with Gasteiger partial charge in [-0.05, 0) is 35.6 Å². The Hall–Kier alpha value is -4.96. The number of nitrogens with zero attached hydrogens (tertiary/aromatic N) is 5. The van der Waals surface area contributed by atoms with Crippen molar-refractivity contribution in [2.45, 2.75) is 49.6 Å². The van der Waals surface area contributed by atoms with E-state index >= 15 is 0 Å². The molecule has 2 amide bonds. The summed E-state index contributed by atoms with van der Waals surface area (Å²) in [6.07, 6.45) is 8.01. The van der Waals surface area contributed by atoms with Gasteiger partial charge in [0, 0.05) is 11.1 Å². The van der Waals surface area contributed by atoms with Gasteiger partial charge in [0.1, 0.15) is 35.5 Å². The molecule has 270 valence electrons. The number of rotatable bonds is 12. The number of halogens is 1. The number of esters is 1. The van der Waals surface area contributed by atoms with E-state index in [1.54, 1.807) is 17.8 Å². The van der Waals surface area contributed by atoms with Crippen molar-refractivity contribution < 1.29 is 46.2 Å². The number of aryl methyl sites for hydroxylation is 1. The highest BCUT2D eigenvalue weighted by Gasteiger charge is 2.55. The van der Waals surface area contributed by atoms with Gasteiger partial charge in [-0.15, -0.1) is 27.8 Å². The number of aliphatic hydroxyl groups excluding tert-OH is 1. The summed E-state index contributed by atoms with van der Waals surface area (Å²) in [5.41, 5.74) is 9.03. The Labute approximate surface area is 314 Å². The highest BCUT2D eigenvalue weighted by Crippen LogP contribution is 2.42. The molecular formula is C36H36ClN7O6S2. The number of thioether (sulfide) groups is 1. The molecule has 2 aliphatic heterocycles. The third-order valence-corrected chi connectivity index (χ3v) is 10.8. The highest BCUT2D eigenvalue weighted by atomic mass is 35.5. The molecule has 2 aromatic heterocycles. The third kappa shape index (κ3) is 7.62. The van der Waals surface area contributed by atoms with Gasteiger partial charge in [0.05, 0.1) is 18.4 Å². The van der Waals surface area contributed by atoms with Crippen LogP contribution in [0.3, 0.4) is 0 Å². The van der Waals surface area contributed by atoms with E-state index in [2.05, 4.69) is 15.5 Å². The van der Waals surface area contributed by atoms with Gasteiger partial charge < -0.3 is 38.1 Å². The number of fused-ring (bicyclic) bond motifs is 1. The van der Waals surface area contributed by atoms with Crippen LogP contribution < -0.4 is 28.1 Å². The lowest BCUT2D eigenvalue weighted by Crippen LogP contribution is -3.00. The zero-order valence-corrected chi connectivity index (χ0v) is 30.4. The van der Waals surface area contributed by atoms with E-state index in [-0.39, 0.29) is 53.9 Å². The minimum atomic E-state index is -0.956. The Morgan fingerprint density at radius 2 is 1.87 bits per heavy atom. The maximum atomic E-state index is 14.4. The van der Waals surface area contributed by atoms with Crippen molar-refractivity contribution in [1.82, 2.24) is 19.9 Å². The minimum absolute atomic E-state index is 0. The molecule has 4 N–H and O–H groups in total. The van der Waals surface area contributed by atoms with Crippen molar-refractivity contribution in [3.8, 4) is 0 Å². The number of hydrogen-bond donors (Lipinski definition) is 3.